The number of hydrogen-bond donors (Lipinski definition) is 0. The van der Waals surface area contributed by atoms with Gasteiger partial charge in [-0.3, -0.25) is 9.69 Å². The Kier molecular flexibility index (Phi) is 5.76. The average molecular weight is 387 g/mol. The van der Waals surface area contributed by atoms with Gasteiger partial charge in [0.05, 0.1) is 15.6 Å². The van der Waals surface area contributed by atoms with Crippen LogP contribution in [0.25, 0.3) is 0 Å². The minimum atomic E-state index is -0.626. The lowest BCUT2D eigenvalue weighted by molar-refractivity contribution is 0.0638. The molecular weight excluding hydrogens is 370 g/mol. The van der Waals surface area contributed by atoms with Crippen LogP contribution in [-0.4, -0.2) is 48.4 Å². The molecule has 1 aromatic carbocycles. The van der Waals surface area contributed by atoms with E-state index in [4.69, 9.17) is 23.2 Å². The number of carbonyl (C=O) groups excluding carboxylic acids is 1. The second-order valence-electron chi connectivity index (χ2n) is 5.71. The fourth-order valence-electron chi connectivity index (χ4n) is 2.75. The molecule has 2 heterocycles. The molecule has 24 heavy (non-hydrogen) atoms. The highest BCUT2D eigenvalue weighted by Crippen LogP contribution is 2.25. The Labute approximate surface area is 154 Å². The largest absolute Gasteiger partial charge is 0.336 e. The second-order valence-corrected chi connectivity index (χ2v) is 7.56. The van der Waals surface area contributed by atoms with Gasteiger partial charge in [0.25, 0.3) is 5.91 Å². The van der Waals surface area contributed by atoms with Crippen LogP contribution in [-0.2, 0) is 6.42 Å². The van der Waals surface area contributed by atoms with Crippen LogP contribution in [0.2, 0.25) is 10.0 Å². The Bertz CT molecular complexity index is 716. The fourth-order valence-corrected chi connectivity index (χ4v) is 3.92. The van der Waals surface area contributed by atoms with Gasteiger partial charge < -0.3 is 4.90 Å². The Hall–Kier alpha value is -1.14. The van der Waals surface area contributed by atoms with Crippen LogP contribution in [0.4, 0.5) is 4.39 Å². The predicted octanol–water partition coefficient (Wildman–Crippen LogP) is 4.19. The SMILES string of the molecule is O=C(c1cc(F)c(Cl)cc1Cl)N1CCN(CCc2cccs2)CC1. The molecule has 1 aliphatic heterocycles. The van der Waals surface area contributed by atoms with E-state index in [1.165, 1.54) is 10.9 Å². The second kappa shape index (κ2) is 7.83. The zero-order valence-corrected chi connectivity index (χ0v) is 15.3. The Balaban J connectivity index is 1.56. The first-order valence-corrected chi connectivity index (χ1v) is 9.36. The summed E-state index contributed by atoms with van der Waals surface area (Å²) in [6.45, 7) is 3.84. The Morgan fingerprint density at radius 2 is 1.92 bits per heavy atom. The molecule has 3 nitrogen and oxygen atoms in total. The molecule has 0 saturated carbocycles. The van der Waals surface area contributed by atoms with Crippen molar-refractivity contribution in [3.05, 3.63) is 55.9 Å². The number of thiophene rings is 1. The number of amides is 1. The molecule has 0 aliphatic carbocycles. The molecule has 0 radical (unpaired) electrons. The zero-order chi connectivity index (χ0) is 17.1. The summed E-state index contributed by atoms with van der Waals surface area (Å²) < 4.78 is 13.6. The van der Waals surface area contributed by atoms with Gasteiger partial charge in [-0.1, -0.05) is 29.3 Å². The summed E-state index contributed by atoms with van der Waals surface area (Å²) in [5.41, 5.74) is 0.172. The van der Waals surface area contributed by atoms with Gasteiger partial charge in [0.1, 0.15) is 5.82 Å². The van der Waals surface area contributed by atoms with Gasteiger partial charge in [0.15, 0.2) is 0 Å². The number of hydrogen-bond acceptors (Lipinski definition) is 3. The van der Waals surface area contributed by atoms with Gasteiger partial charge in [-0.15, -0.1) is 11.3 Å². The van der Waals surface area contributed by atoms with E-state index in [9.17, 15) is 9.18 Å². The third-order valence-electron chi connectivity index (χ3n) is 4.15. The van der Waals surface area contributed by atoms with E-state index >= 15 is 0 Å². The number of rotatable bonds is 4. The Morgan fingerprint density at radius 3 is 2.58 bits per heavy atom. The van der Waals surface area contributed by atoms with Gasteiger partial charge in [0, 0.05) is 37.6 Å². The van der Waals surface area contributed by atoms with Crippen molar-refractivity contribution in [1.29, 1.82) is 0 Å². The van der Waals surface area contributed by atoms with Crippen molar-refractivity contribution >= 4 is 40.4 Å². The van der Waals surface area contributed by atoms with Crippen molar-refractivity contribution in [3.63, 3.8) is 0 Å². The minimum absolute atomic E-state index is 0.0741. The quantitative estimate of drug-likeness (QED) is 0.735. The van der Waals surface area contributed by atoms with Crippen LogP contribution in [0.5, 0.6) is 0 Å². The zero-order valence-electron chi connectivity index (χ0n) is 13.0. The topological polar surface area (TPSA) is 23.6 Å². The van der Waals surface area contributed by atoms with Crippen LogP contribution in [0, 0.1) is 5.82 Å². The molecule has 1 saturated heterocycles. The number of benzene rings is 1. The van der Waals surface area contributed by atoms with Crippen molar-refractivity contribution in [2.75, 3.05) is 32.7 Å². The van der Waals surface area contributed by atoms with Gasteiger partial charge >= 0.3 is 0 Å². The summed E-state index contributed by atoms with van der Waals surface area (Å²) in [5, 5.41) is 2.20. The summed E-state index contributed by atoms with van der Waals surface area (Å²) in [4.78, 5) is 18.0. The number of carbonyl (C=O) groups is 1. The monoisotopic (exact) mass is 386 g/mol. The maximum Gasteiger partial charge on any atom is 0.255 e. The molecule has 0 spiro atoms. The molecule has 7 heteroatoms. The van der Waals surface area contributed by atoms with Gasteiger partial charge in [-0.25, -0.2) is 4.39 Å². The third kappa shape index (κ3) is 4.09. The van der Waals surface area contributed by atoms with Gasteiger partial charge in [-0.05, 0) is 30.0 Å². The van der Waals surface area contributed by atoms with Crippen LogP contribution < -0.4 is 0 Å². The van der Waals surface area contributed by atoms with E-state index in [2.05, 4.69) is 22.4 Å². The van der Waals surface area contributed by atoms with Crippen LogP contribution in [0.15, 0.2) is 29.6 Å². The molecule has 1 amide bonds. The molecule has 2 aromatic rings. The predicted molar refractivity (Wildman–Crippen MR) is 96.8 cm³/mol. The molecule has 128 valence electrons. The summed E-state index contributed by atoms with van der Waals surface area (Å²) in [6, 6.07) is 6.60. The summed E-state index contributed by atoms with van der Waals surface area (Å²) in [5.74, 6) is -0.868. The minimum Gasteiger partial charge on any atom is -0.336 e. The lowest BCUT2D eigenvalue weighted by Gasteiger charge is -2.34. The summed E-state index contributed by atoms with van der Waals surface area (Å²) >= 11 is 13.5. The maximum absolute atomic E-state index is 13.6. The summed E-state index contributed by atoms with van der Waals surface area (Å²) in [6.07, 6.45) is 1.03. The van der Waals surface area contributed by atoms with Gasteiger partial charge in [-0.2, -0.15) is 0 Å². The molecule has 0 bridgehead atoms. The molecule has 1 aromatic heterocycles. The first-order chi connectivity index (χ1) is 11.5. The van der Waals surface area contributed by atoms with Crippen molar-refractivity contribution in [2.45, 2.75) is 6.42 Å². The molecule has 3 rings (SSSR count). The Morgan fingerprint density at radius 1 is 1.17 bits per heavy atom. The molecule has 0 N–H and O–H groups in total. The maximum atomic E-state index is 13.6. The number of halogens is 3. The van der Waals surface area contributed by atoms with Crippen LogP contribution in [0.3, 0.4) is 0 Å². The van der Waals surface area contributed by atoms with Crippen LogP contribution >= 0.6 is 34.5 Å². The lowest BCUT2D eigenvalue weighted by Crippen LogP contribution is -2.49. The van der Waals surface area contributed by atoms with Gasteiger partial charge in [0.2, 0.25) is 0 Å². The highest BCUT2D eigenvalue weighted by atomic mass is 35.5. The molecule has 1 fully saturated rings. The van der Waals surface area contributed by atoms with Crippen molar-refractivity contribution in [2.24, 2.45) is 0 Å². The summed E-state index contributed by atoms with van der Waals surface area (Å²) in [7, 11) is 0. The van der Waals surface area contributed by atoms with E-state index in [0.717, 1.165) is 32.1 Å². The van der Waals surface area contributed by atoms with Crippen LogP contribution in [0.1, 0.15) is 15.2 Å². The third-order valence-corrected chi connectivity index (χ3v) is 5.69. The van der Waals surface area contributed by atoms with E-state index < -0.39 is 5.82 Å². The molecule has 0 unspecified atom stereocenters. The van der Waals surface area contributed by atoms with E-state index in [1.54, 1.807) is 16.2 Å². The van der Waals surface area contributed by atoms with E-state index in [1.807, 2.05) is 0 Å². The first kappa shape index (κ1) is 17.7. The number of piperazine rings is 1. The van der Waals surface area contributed by atoms with E-state index in [-0.39, 0.29) is 21.5 Å². The average Bonchev–Trinajstić information content (AvgIpc) is 3.10. The molecular formula is C17H17Cl2FN2OS. The lowest BCUT2D eigenvalue weighted by atomic mass is 10.1. The highest BCUT2D eigenvalue weighted by Gasteiger charge is 2.24. The highest BCUT2D eigenvalue weighted by molar-refractivity contribution is 7.09. The number of nitrogens with zero attached hydrogens (tertiary/aromatic N) is 2. The fraction of sp³-hybridized carbons (Fsp3) is 0.353. The smallest absolute Gasteiger partial charge is 0.255 e. The molecule has 0 atom stereocenters. The van der Waals surface area contributed by atoms with Crippen molar-refractivity contribution < 1.29 is 9.18 Å². The normalized spacial score (nSPS) is 15.7. The van der Waals surface area contributed by atoms with Crippen molar-refractivity contribution in [1.82, 2.24) is 9.80 Å². The van der Waals surface area contributed by atoms with E-state index in [0.29, 0.717) is 13.1 Å². The standard InChI is InChI=1S/C17H17Cl2FN2OS/c18-14-11-15(19)16(20)10-13(14)17(23)22-7-5-21(6-8-22)4-3-12-2-1-9-24-12/h1-2,9-11H,3-8H2. The van der Waals surface area contributed by atoms with Crippen molar-refractivity contribution in [3.8, 4) is 0 Å². The molecule has 1 aliphatic rings. The first-order valence-electron chi connectivity index (χ1n) is 7.73.